The maximum atomic E-state index is 10.6. The summed E-state index contributed by atoms with van der Waals surface area (Å²) in [5, 5.41) is 10.6. The first-order valence-corrected chi connectivity index (χ1v) is 8.49. The van der Waals surface area contributed by atoms with Gasteiger partial charge in [-0.1, -0.05) is 18.2 Å². The number of para-hydroxylation sites is 1. The Balaban J connectivity index is 2.04. The fraction of sp³-hybridized carbons (Fsp3) is 0.400. The van der Waals surface area contributed by atoms with Gasteiger partial charge in [0.15, 0.2) is 0 Å². The first-order chi connectivity index (χ1) is 11.7. The molecule has 0 aliphatic heterocycles. The van der Waals surface area contributed by atoms with Crippen molar-refractivity contribution in [2.24, 2.45) is 0 Å². The largest absolute Gasteiger partial charge is 0.494 e. The topological polar surface area (TPSA) is 41.9 Å². The van der Waals surface area contributed by atoms with Gasteiger partial charge in [-0.15, -0.1) is 0 Å². The van der Waals surface area contributed by atoms with Crippen LogP contribution in [-0.2, 0) is 0 Å². The van der Waals surface area contributed by atoms with Crippen LogP contribution in [0.3, 0.4) is 0 Å². The molecule has 1 unspecified atom stereocenters. The van der Waals surface area contributed by atoms with Crippen LogP contribution in [0.2, 0.25) is 0 Å². The number of aliphatic hydroxyl groups excluding tert-OH is 1. The van der Waals surface area contributed by atoms with Crippen molar-refractivity contribution in [2.75, 3.05) is 31.7 Å². The molecule has 0 saturated heterocycles. The highest BCUT2D eigenvalue weighted by atomic mass is 16.5. The van der Waals surface area contributed by atoms with Gasteiger partial charge < -0.3 is 19.5 Å². The van der Waals surface area contributed by atoms with Crippen molar-refractivity contribution in [1.82, 2.24) is 0 Å². The lowest BCUT2D eigenvalue weighted by Gasteiger charge is -2.22. The molecule has 0 saturated carbocycles. The zero-order valence-corrected chi connectivity index (χ0v) is 14.7. The van der Waals surface area contributed by atoms with Gasteiger partial charge in [-0.2, -0.15) is 0 Å². The second-order valence-corrected chi connectivity index (χ2v) is 5.63. The summed E-state index contributed by atoms with van der Waals surface area (Å²) >= 11 is 0. The molecular weight excluding hydrogens is 302 g/mol. The molecular formula is C20H27NO3. The number of nitrogens with zero attached hydrogens (tertiary/aromatic N) is 1. The van der Waals surface area contributed by atoms with Crippen LogP contribution >= 0.6 is 0 Å². The predicted octanol–water partition coefficient (Wildman–Crippen LogP) is 4.04. The molecule has 2 rings (SSSR count). The van der Waals surface area contributed by atoms with E-state index in [1.807, 2.05) is 57.3 Å². The van der Waals surface area contributed by atoms with Crippen LogP contribution < -0.4 is 14.4 Å². The van der Waals surface area contributed by atoms with Gasteiger partial charge in [0, 0.05) is 30.9 Å². The van der Waals surface area contributed by atoms with Gasteiger partial charge in [0.05, 0.1) is 19.3 Å². The minimum absolute atomic E-state index is 0.555. The summed E-state index contributed by atoms with van der Waals surface area (Å²) < 4.78 is 11.2. The Kier molecular flexibility index (Phi) is 6.94. The van der Waals surface area contributed by atoms with Gasteiger partial charge in [-0.3, -0.25) is 0 Å². The zero-order valence-electron chi connectivity index (χ0n) is 14.7. The van der Waals surface area contributed by atoms with Crippen LogP contribution in [0.15, 0.2) is 48.5 Å². The van der Waals surface area contributed by atoms with E-state index in [1.54, 1.807) is 0 Å². The molecule has 1 N–H and O–H groups in total. The van der Waals surface area contributed by atoms with Crippen molar-refractivity contribution in [3.05, 3.63) is 54.1 Å². The lowest BCUT2D eigenvalue weighted by Crippen LogP contribution is -2.20. The minimum Gasteiger partial charge on any atom is -0.494 e. The molecule has 2 aromatic carbocycles. The number of hydrogen-bond donors (Lipinski definition) is 1. The third-order valence-electron chi connectivity index (χ3n) is 3.89. The molecule has 1 atom stereocenters. The molecule has 0 amide bonds. The molecule has 0 aliphatic rings. The van der Waals surface area contributed by atoms with E-state index < -0.39 is 6.10 Å². The number of aliphatic hydroxyl groups is 1. The average molecular weight is 329 g/mol. The lowest BCUT2D eigenvalue weighted by molar-refractivity contribution is 0.164. The molecule has 0 spiro atoms. The molecule has 0 aromatic heterocycles. The summed E-state index contributed by atoms with van der Waals surface area (Å²) in [4.78, 5) is 2.14. The first kappa shape index (κ1) is 18.1. The lowest BCUT2D eigenvalue weighted by atomic mass is 10.0. The Morgan fingerprint density at radius 3 is 2.38 bits per heavy atom. The van der Waals surface area contributed by atoms with Crippen LogP contribution in [0.5, 0.6) is 11.5 Å². The molecule has 4 heteroatoms. The van der Waals surface area contributed by atoms with Crippen molar-refractivity contribution >= 4 is 5.69 Å². The van der Waals surface area contributed by atoms with Gasteiger partial charge in [0.1, 0.15) is 11.5 Å². The summed E-state index contributed by atoms with van der Waals surface area (Å²) in [5.74, 6) is 1.46. The number of rotatable bonds is 9. The summed E-state index contributed by atoms with van der Waals surface area (Å²) in [6, 6.07) is 15.8. The Hall–Kier alpha value is -2.20. The number of anilines is 1. The molecule has 0 radical (unpaired) electrons. The van der Waals surface area contributed by atoms with Gasteiger partial charge in [0.2, 0.25) is 0 Å². The quantitative estimate of drug-likeness (QED) is 0.754. The van der Waals surface area contributed by atoms with Gasteiger partial charge in [-0.05, 0) is 44.5 Å². The second kappa shape index (κ2) is 9.18. The van der Waals surface area contributed by atoms with Crippen molar-refractivity contribution in [2.45, 2.75) is 26.4 Å². The van der Waals surface area contributed by atoms with Gasteiger partial charge in [-0.25, -0.2) is 0 Å². The molecule has 130 valence electrons. The molecule has 0 bridgehead atoms. The van der Waals surface area contributed by atoms with Crippen LogP contribution in [0.25, 0.3) is 0 Å². The van der Waals surface area contributed by atoms with Crippen LogP contribution in [-0.4, -0.2) is 31.9 Å². The standard InChI is InChI=1S/C20H27NO3/c1-4-23-17-11-12-18(20(15-17)24-5-2)19(22)13-14-21(3)16-9-7-6-8-10-16/h6-12,15,19,22H,4-5,13-14H2,1-3H3. The van der Waals surface area contributed by atoms with E-state index in [9.17, 15) is 5.11 Å². The fourth-order valence-electron chi connectivity index (χ4n) is 2.61. The van der Waals surface area contributed by atoms with Crippen molar-refractivity contribution < 1.29 is 14.6 Å². The van der Waals surface area contributed by atoms with Gasteiger partial charge in [0.25, 0.3) is 0 Å². The number of ether oxygens (including phenoxy) is 2. The Bertz CT molecular complexity index is 616. The van der Waals surface area contributed by atoms with Crippen molar-refractivity contribution in [3.8, 4) is 11.5 Å². The Morgan fingerprint density at radius 2 is 1.71 bits per heavy atom. The molecule has 24 heavy (non-hydrogen) atoms. The summed E-state index contributed by atoms with van der Waals surface area (Å²) in [5.41, 5.74) is 1.95. The maximum absolute atomic E-state index is 10.6. The zero-order chi connectivity index (χ0) is 17.4. The summed E-state index contributed by atoms with van der Waals surface area (Å²) in [6.07, 6.45) is 0.0489. The normalized spacial score (nSPS) is 11.8. The smallest absolute Gasteiger partial charge is 0.128 e. The van der Waals surface area contributed by atoms with E-state index in [1.165, 1.54) is 0 Å². The highest BCUT2D eigenvalue weighted by molar-refractivity contribution is 5.45. The van der Waals surface area contributed by atoms with E-state index in [0.29, 0.717) is 25.4 Å². The SMILES string of the molecule is CCOc1ccc(C(O)CCN(C)c2ccccc2)c(OCC)c1. The van der Waals surface area contributed by atoms with E-state index in [4.69, 9.17) is 9.47 Å². The van der Waals surface area contributed by atoms with Gasteiger partial charge >= 0.3 is 0 Å². The maximum Gasteiger partial charge on any atom is 0.128 e. The first-order valence-electron chi connectivity index (χ1n) is 8.49. The predicted molar refractivity (Wildman–Crippen MR) is 98.1 cm³/mol. The number of benzene rings is 2. The van der Waals surface area contributed by atoms with Crippen LogP contribution in [0, 0.1) is 0 Å². The second-order valence-electron chi connectivity index (χ2n) is 5.63. The summed E-state index contributed by atoms with van der Waals surface area (Å²) in [6.45, 7) is 5.80. The van der Waals surface area contributed by atoms with Crippen molar-refractivity contribution in [1.29, 1.82) is 0 Å². The molecule has 4 nitrogen and oxygen atoms in total. The fourth-order valence-corrected chi connectivity index (χ4v) is 2.61. The highest BCUT2D eigenvalue weighted by Crippen LogP contribution is 2.31. The third-order valence-corrected chi connectivity index (χ3v) is 3.89. The molecule has 0 heterocycles. The van der Waals surface area contributed by atoms with Crippen LogP contribution in [0.4, 0.5) is 5.69 Å². The number of hydrogen-bond acceptors (Lipinski definition) is 4. The summed E-state index contributed by atoms with van der Waals surface area (Å²) in [7, 11) is 2.03. The Labute approximate surface area is 144 Å². The van der Waals surface area contributed by atoms with E-state index in [-0.39, 0.29) is 0 Å². The average Bonchev–Trinajstić information content (AvgIpc) is 2.61. The van der Waals surface area contributed by atoms with Crippen LogP contribution in [0.1, 0.15) is 31.9 Å². The minimum atomic E-state index is -0.576. The van der Waals surface area contributed by atoms with Crippen molar-refractivity contribution in [3.63, 3.8) is 0 Å². The Morgan fingerprint density at radius 1 is 1.00 bits per heavy atom. The van der Waals surface area contributed by atoms with E-state index in [2.05, 4.69) is 17.0 Å². The molecule has 0 fully saturated rings. The van der Waals surface area contributed by atoms with E-state index in [0.717, 1.165) is 23.5 Å². The molecule has 0 aliphatic carbocycles. The van der Waals surface area contributed by atoms with E-state index >= 15 is 0 Å². The highest BCUT2D eigenvalue weighted by Gasteiger charge is 2.15. The molecule has 2 aromatic rings. The third kappa shape index (κ3) is 4.90. The monoisotopic (exact) mass is 329 g/mol.